The third-order valence-corrected chi connectivity index (χ3v) is 6.85. The molecule has 152 valence electrons. The highest BCUT2D eigenvalue weighted by atomic mass is 79.9. The van der Waals surface area contributed by atoms with Gasteiger partial charge in [-0.25, -0.2) is 8.42 Å². The zero-order valence-corrected chi connectivity index (χ0v) is 18.7. The van der Waals surface area contributed by atoms with Crippen LogP contribution in [-0.2, 0) is 10.0 Å². The second-order valence-electron chi connectivity index (χ2n) is 6.15. The molecule has 0 unspecified atom stereocenters. The van der Waals surface area contributed by atoms with Gasteiger partial charge in [-0.05, 0) is 42.5 Å². The summed E-state index contributed by atoms with van der Waals surface area (Å²) >= 11 is 3.37. The predicted molar refractivity (Wildman–Crippen MR) is 113 cm³/mol. The van der Waals surface area contributed by atoms with E-state index >= 15 is 0 Å². The van der Waals surface area contributed by atoms with Crippen LogP contribution >= 0.6 is 15.9 Å². The summed E-state index contributed by atoms with van der Waals surface area (Å²) in [6.45, 7) is 5.04. The minimum absolute atomic E-state index is 0.126. The van der Waals surface area contributed by atoms with Gasteiger partial charge in [-0.1, -0.05) is 35.8 Å². The number of benzene rings is 2. The molecule has 0 aromatic heterocycles. The highest BCUT2D eigenvalue weighted by Gasteiger charge is 2.23. The molecule has 1 amide bonds. The maximum absolute atomic E-state index is 12.7. The van der Waals surface area contributed by atoms with Gasteiger partial charge in [-0.3, -0.25) is 4.79 Å². The van der Waals surface area contributed by atoms with E-state index in [1.807, 2.05) is 24.3 Å². The molecule has 0 N–H and O–H groups in total. The third kappa shape index (κ3) is 5.56. The Morgan fingerprint density at radius 2 is 1.71 bits per heavy atom. The van der Waals surface area contributed by atoms with E-state index in [4.69, 9.17) is 4.74 Å². The Morgan fingerprint density at radius 1 is 1.07 bits per heavy atom. The van der Waals surface area contributed by atoms with Crippen LogP contribution in [0.4, 0.5) is 0 Å². The summed E-state index contributed by atoms with van der Waals surface area (Å²) in [7, 11) is -1.94. The third-order valence-electron chi connectivity index (χ3n) is 4.28. The molecule has 0 saturated heterocycles. The molecule has 0 saturated carbocycles. The van der Waals surface area contributed by atoms with Crippen molar-refractivity contribution in [1.82, 2.24) is 9.21 Å². The van der Waals surface area contributed by atoms with Crippen molar-refractivity contribution in [3.63, 3.8) is 0 Å². The number of halogens is 1. The van der Waals surface area contributed by atoms with E-state index < -0.39 is 10.0 Å². The molecule has 2 aromatic rings. The van der Waals surface area contributed by atoms with E-state index in [0.29, 0.717) is 31.8 Å². The van der Waals surface area contributed by atoms with Crippen molar-refractivity contribution < 1.29 is 17.9 Å². The van der Waals surface area contributed by atoms with Gasteiger partial charge in [0.15, 0.2) is 0 Å². The van der Waals surface area contributed by atoms with E-state index in [1.165, 1.54) is 21.3 Å². The first-order valence-corrected chi connectivity index (χ1v) is 11.3. The van der Waals surface area contributed by atoms with Gasteiger partial charge in [-0.15, -0.1) is 0 Å². The summed E-state index contributed by atoms with van der Waals surface area (Å²) in [5.41, 5.74) is 0.333. The number of rotatable bonds is 9. The standard InChI is InChI=1S/C20H25BrN2O4S/c1-4-23(5-2)28(25,26)19-8-6-7-16(15-19)20(24)22(3)13-14-27-18-11-9-17(21)10-12-18/h6-12,15H,4-5,13-14H2,1-3H3. The van der Waals surface area contributed by atoms with Crippen molar-refractivity contribution in [1.29, 1.82) is 0 Å². The number of likely N-dealkylation sites (N-methyl/N-ethyl adjacent to an activating group) is 1. The van der Waals surface area contributed by atoms with Gasteiger partial charge >= 0.3 is 0 Å². The second-order valence-corrected chi connectivity index (χ2v) is 9.00. The zero-order valence-electron chi connectivity index (χ0n) is 16.3. The summed E-state index contributed by atoms with van der Waals surface area (Å²) in [5.74, 6) is 0.465. The molecule has 8 heteroatoms. The average molecular weight is 469 g/mol. The van der Waals surface area contributed by atoms with Crippen LogP contribution in [0.25, 0.3) is 0 Å². The molecule has 6 nitrogen and oxygen atoms in total. The molecule has 28 heavy (non-hydrogen) atoms. The Morgan fingerprint density at radius 3 is 2.32 bits per heavy atom. The van der Waals surface area contributed by atoms with Gasteiger partial charge in [0.25, 0.3) is 5.91 Å². The fraction of sp³-hybridized carbons (Fsp3) is 0.350. The molecule has 0 radical (unpaired) electrons. The van der Waals surface area contributed by atoms with Crippen molar-refractivity contribution >= 4 is 31.9 Å². The lowest BCUT2D eigenvalue weighted by Crippen LogP contribution is -2.32. The maximum atomic E-state index is 12.7. The lowest BCUT2D eigenvalue weighted by Gasteiger charge is -2.20. The molecular formula is C20H25BrN2O4S. The Bertz CT molecular complexity index is 897. The molecule has 0 fully saturated rings. The first-order valence-electron chi connectivity index (χ1n) is 9.03. The molecule has 0 aliphatic carbocycles. The summed E-state index contributed by atoms with van der Waals surface area (Å²) < 4.78 is 33.3. The van der Waals surface area contributed by atoms with Crippen molar-refractivity contribution in [2.24, 2.45) is 0 Å². The highest BCUT2D eigenvalue weighted by Crippen LogP contribution is 2.18. The number of carbonyl (C=O) groups is 1. The topological polar surface area (TPSA) is 66.9 Å². The van der Waals surface area contributed by atoms with E-state index in [-0.39, 0.29) is 10.8 Å². The van der Waals surface area contributed by atoms with Crippen LogP contribution in [0.1, 0.15) is 24.2 Å². The quantitative estimate of drug-likeness (QED) is 0.563. The average Bonchev–Trinajstić information content (AvgIpc) is 2.69. The van der Waals surface area contributed by atoms with E-state index in [2.05, 4.69) is 15.9 Å². The molecule has 0 aliphatic rings. The van der Waals surface area contributed by atoms with Gasteiger partial charge in [0, 0.05) is 30.2 Å². The van der Waals surface area contributed by atoms with Gasteiger partial charge in [-0.2, -0.15) is 4.31 Å². The first-order chi connectivity index (χ1) is 13.3. The van der Waals surface area contributed by atoms with Crippen LogP contribution in [0.3, 0.4) is 0 Å². The fourth-order valence-corrected chi connectivity index (χ4v) is 4.42. The summed E-state index contributed by atoms with van der Waals surface area (Å²) in [4.78, 5) is 14.3. The molecule has 0 atom stereocenters. The minimum Gasteiger partial charge on any atom is -0.492 e. The number of nitrogens with zero attached hydrogens (tertiary/aromatic N) is 2. The Kier molecular flexibility index (Phi) is 8.03. The largest absolute Gasteiger partial charge is 0.492 e. The number of hydrogen-bond acceptors (Lipinski definition) is 4. The number of hydrogen-bond donors (Lipinski definition) is 0. The number of sulfonamides is 1. The molecule has 0 bridgehead atoms. The molecule has 2 aromatic carbocycles. The normalized spacial score (nSPS) is 11.5. The van der Waals surface area contributed by atoms with Crippen LogP contribution < -0.4 is 4.74 Å². The lowest BCUT2D eigenvalue weighted by atomic mass is 10.2. The van der Waals surface area contributed by atoms with Crippen molar-refractivity contribution in [3.8, 4) is 5.75 Å². The first kappa shape index (κ1) is 22.4. The van der Waals surface area contributed by atoms with Crippen LogP contribution in [-0.4, -0.2) is 56.8 Å². The fourth-order valence-electron chi connectivity index (χ4n) is 2.66. The van der Waals surface area contributed by atoms with Crippen molar-refractivity contribution in [2.75, 3.05) is 33.3 Å². The second kappa shape index (κ2) is 10.0. The van der Waals surface area contributed by atoms with Crippen molar-refractivity contribution in [3.05, 3.63) is 58.6 Å². The molecular weight excluding hydrogens is 444 g/mol. The van der Waals surface area contributed by atoms with Crippen LogP contribution in [0.5, 0.6) is 5.75 Å². The summed E-state index contributed by atoms with van der Waals surface area (Å²) in [6, 6.07) is 13.6. The summed E-state index contributed by atoms with van der Waals surface area (Å²) in [6.07, 6.45) is 0. The smallest absolute Gasteiger partial charge is 0.253 e. The van der Waals surface area contributed by atoms with Gasteiger partial charge in [0.05, 0.1) is 11.4 Å². The lowest BCUT2D eigenvalue weighted by molar-refractivity contribution is 0.0773. The minimum atomic E-state index is -3.61. The summed E-state index contributed by atoms with van der Waals surface area (Å²) in [5, 5.41) is 0. The van der Waals surface area contributed by atoms with Gasteiger partial charge in [0.1, 0.15) is 12.4 Å². The number of amides is 1. The van der Waals surface area contributed by atoms with Crippen molar-refractivity contribution in [2.45, 2.75) is 18.7 Å². The molecule has 2 rings (SSSR count). The predicted octanol–water partition coefficient (Wildman–Crippen LogP) is 3.63. The number of ether oxygens (including phenoxy) is 1. The maximum Gasteiger partial charge on any atom is 0.253 e. The van der Waals surface area contributed by atoms with E-state index in [0.717, 1.165) is 10.2 Å². The number of carbonyl (C=O) groups excluding carboxylic acids is 1. The Balaban J connectivity index is 2.04. The van der Waals surface area contributed by atoms with Gasteiger partial charge < -0.3 is 9.64 Å². The van der Waals surface area contributed by atoms with E-state index in [9.17, 15) is 13.2 Å². The SMILES string of the molecule is CCN(CC)S(=O)(=O)c1cccc(C(=O)N(C)CCOc2ccc(Br)cc2)c1. The van der Waals surface area contributed by atoms with E-state index in [1.54, 1.807) is 33.0 Å². The molecule has 0 spiro atoms. The molecule has 0 aliphatic heterocycles. The van der Waals surface area contributed by atoms with Crippen LogP contribution in [0.2, 0.25) is 0 Å². The van der Waals surface area contributed by atoms with Crippen LogP contribution in [0, 0.1) is 0 Å². The van der Waals surface area contributed by atoms with Crippen LogP contribution in [0.15, 0.2) is 57.9 Å². The molecule has 0 heterocycles. The zero-order chi connectivity index (χ0) is 20.7. The Hall–Kier alpha value is -1.90. The highest BCUT2D eigenvalue weighted by molar-refractivity contribution is 9.10. The Labute approximate surface area is 175 Å². The monoisotopic (exact) mass is 468 g/mol. The van der Waals surface area contributed by atoms with Gasteiger partial charge in [0.2, 0.25) is 10.0 Å².